The summed E-state index contributed by atoms with van der Waals surface area (Å²) < 4.78 is 5.31. The van der Waals surface area contributed by atoms with Gasteiger partial charge in [-0.25, -0.2) is 0 Å². The summed E-state index contributed by atoms with van der Waals surface area (Å²) in [5, 5.41) is 0. The Labute approximate surface area is 74.3 Å². The summed E-state index contributed by atoms with van der Waals surface area (Å²) >= 11 is 0. The molecular formula is C10H18O2. The van der Waals surface area contributed by atoms with Crippen molar-refractivity contribution >= 4 is 5.97 Å². The van der Waals surface area contributed by atoms with Crippen molar-refractivity contribution in [3.05, 3.63) is 0 Å². The molecule has 0 aromatic carbocycles. The lowest BCUT2D eigenvalue weighted by Gasteiger charge is -2.32. The van der Waals surface area contributed by atoms with E-state index in [2.05, 4.69) is 13.8 Å². The molecule has 2 nitrogen and oxygen atoms in total. The molecule has 0 saturated carbocycles. The molecule has 0 N–H and O–H groups in total. The topological polar surface area (TPSA) is 26.3 Å². The number of ether oxygens (including phenoxy) is 1. The van der Waals surface area contributed by atoms with Crippen LogP contribution < -0.4 is 0 Å². The summed E-state index contributed by atoms with van der Waals surface area (Å²) in [5.41, 5.74) is 0. The van der Waals surface area contributed by atoms with Crippen molar-refractivity contribution in [3.63, 3.8) is 0 Å². The van der Waals surface area contributed by atoms with Gasteiger partial charge in [-0.2, -0.15) is 0 Å². The fourth-order valence-corrected chi connectivity index (χ4v) is 1.91. The second-order valence-corrected chi connectivity index (χ2v) is 3.69. The Bertz CT molecular complexity index is 165. The van der Waals surface area contributed by atoms with E-state index in [9.17, 15) is 4.79 Å². The normalized spacial score (nSPS) is 36.2. The number of esters is 1. The molecule has 0 aliphatic carbocycles. The largest absolute Gasteiger partial charge is 0.462 e. The van der Waals surface area contributed by atoms with E-state index < -0.39 is 0 Å². The van der Waals surface area contributed by atoms with Crippen LogP contribution >= 0.6 is 0 Å². The number of cyclic esters (lactones) is 1. The van der Waals surface area contributed by atoms with Gasteiger partial charge in [0, 0.05) is 0 Å². The van der Waals surface area contributed by atoms with Gasteiger partial charge in [-0.05, 0) is 25.2 Å². The van der Waals surface area contributed by atoms with Crippen molar-refractivity contribution < 1.29 is 9.53 Å². The first-order valence-electron chi connectivity index (χ1n) is 4.89. The average Bonchev–Trinajstić information content (AvgIpc) is 2.09. The van der Waals surface area contributed by atoms with Crippen molar-refractivity contribution in [1.29, 1.82) is 0 Å². The number of rotatable bonds is 2. The van der Waals surface area contributed by atoms with Crippen LogP contribution in [0.25, 0.3) is 0 Å². The van der Waals surface area contributed by atoms with Gasteiger partial charge in [0.25, 0.3) is 0 Å². The molecule has 0 aromatic rings. The van der Waals surface area contributed by atoms with E-state index in [-0.39, 0.29) is 18.0 Å². The molecule has 0 radical (unpaired) electrons. The third-order valence-corrected chi connectivity index (χ3v) is 2.78. The molecule has 12 heavy (non-hydrogen) atoms. The van der Waals surface area contributed by atoms with Crippen LogP contribution in [0.4, 0.5) is 0 Å². The fraction of sp³-hybridized carbons (Fsp3) is 0.900. The van der Waals surface area contributed by atoms with Crippen molar-refractivity contribution in [1.82, 2.24) is 0 Å². The SMILES string of the molecule is CCC1CC(C)C(=O)OC1CC. The Kier molecular flexibility index (Phi) is 3.12. The second-order valence-electron chi connectivity index (χ2n) is 3.69. The van der Waals surface area contributed by atoms with Crippen LogP contribution in [-0.2, 0) is 9.53 Å². The Balaban J connectivity index is 2.58. The molecule has 3 unspecified atom stereocenters. The Morgan fingerprint density at radius 1 is 1.42 bits per heavy atom. The molecule has 1 aliphatic rings. The van der Waals surface area contributed by atoms with Gasteiger partial charge in [-0.15, -0.1) is 0 Å². The van der Waals surface area contributed by atoms with Gasteiger partial charge in [-0.1, -0.05) is 20.8 Å². The van der Waals surface area contributed by atoms with E-state index in [4.69, 9.17) is 4.74 Å². The molecule has 1 heterocycles. The van der Waals surface area contributed by atoms with Gasteiger partial charge >= 0.3 is 5.97 Å². The fourth-order valence-electron chi connectivity index (χ4n) is 1.91. The Morgan fingerprint density at radius 3 is 2.58 bits per heavy atom. The van der Waals surface area contributed by atoms with Gasteiger partial charge in [0.15, 0.2) is 0 Å². The number of hydrogen-bond acceptors (Lipinski definition) is 2. The van der Waals surface area contributed by atoms with Crippen molar-refractivity contribution in [2.24, 2.45) is 11.8 Å². The highest BCUT2D eigenvalue weighted by Gasteiger charge is 2.32. The first-order valence-corrected chi connectivity index (χ1v) is 4.89. The van der Waals surface area contributed by atoms with E-state index in [0.29, 0.717) is 5.92 Å². The molecule has 0 spiro atoms. The quantitative estimate of drug-likeness (QED) is 0.595. The summed E-state index contributed by atoms with van der Waals surface area (Å²) in [6.45, 7) is 6.20. The number of carbonyl (C=O) groups excluding carboxylic acids is 1. The number of hydrogen-bond donors (Lipinski definition) is 0. The maximum Gasteiger partial charge on any atom is 0.308 e. The van der Waals surface area contributed by atoms with E-state index in [1.807, 2.05) is 6.92 Å². The lowest BCUT2D eigenvalue weighted by atomic mass is 9.85. The lowest BCUT2D eigenvalue weighted by Crippen LogP contribution is -2.36. The summed E-state index contributed by atoms with van der Waals surface area (Å²) in [6, 6.07) is 0. The molecule has 0 bridgehead atoms. The number of carbonyl (C=O) groups is 1. The average molecular weight is 170 g/mol. The Morgan fingerprint density at radius 2 is 2.08 bits per heavy atom. The summed E-state index contributed by atoms with van der Waals surface area (Å²) in [7, 11) is 0. The molecule has 0 amide bonds. The van der Waals surface area contributed by atoms with Crippen LogP contribution in [0.2, 0.25) is 0 Å². The molecule has 1 fully saturated rings. The maximum atomic E-state index is 11.2. The van der Waals surface area contributed by atoms with Gasteiger partial charge in [-0.3, -0.25) is 4.79 Å². The highest BCUT2D eigenvalue weighted by Crippen LogP contribution is 2.29. The van der Waals surface area contributed by atoms with Crippen LogP contribution in [0.3, 0.4) is 0 Å². The van der Waals surface area contributed by atoms with Crippen molar-refractivity contribution in [3.8, 4) is 0 Å². The first kappa shape index (κ1) is 9.56. The van der Waals surface area contributed by atoms with E-state index in [1.54, 1.807) is 0 Å². The van der Waals surface area contributed by atoms with Gasteiger partial charge in [0.2, 0.25) is 0 Å². The third kappa shape index (κ3) is 1.79. The highest BCUT2D eigenvalue weighted by molar-refractivity contribution is 5.72. The van der Waals surface area contributed by atoms with E-state index in [1.165, 1.54) is 0 Å². The standard InChI is InChI=1S/C10H18O2/c1-4-8-6-7(3)10(11)12-9(8)5-2/h7-9H,4-6H2,1-3H3. The predicted octanol–water partition coefficient (Wildman–Crippen LogP) is 2.37. The molecule has 0 aromatic heterocycles. The third-order valence-electron chi connectivity index (χ3n) is 2.78. The zero-order chi connectivity index (χ0) is 9.14. The van der Waals surface area contributed by atoms with Gasteiger partial charge in [0.1, 0.15) is 6.10 Å². The smallest absolute Gasteiger partial charge is 0.308 e. The summed E-state index contributed by atoms with van der Waals surface area (Å²) in [6.07, 6.45) is 3.26. The van der Waals surface area contributed by atoms with Crippen LogP contribution in [0, 0.1) is 11.8 Å². The van der Waals surface area contributed by atoms with Crippen LogP contribution in [0.1, 0.15) is 40.0 Å². The van der Waals surface area contributed by atoms with E-state index in [0.717, 1.165) is 19.3 Å². The molecule has 2 heteroatoms. The summed E-state index contributed by atoms with van der Waals surface area (Å²) in [4.78, 5) is 11.2. The molecular weight excluding hydrogens is 152 g/mol. The molecule has 1 aliphatic heterocycles. The van der Waals surface area contributed by atoms with Crippen molar-refractivity contribution in [2.45, 2.75) is 46.1 Å². The zero-order valence-corrected chi connectivity index (χ0v) is 8.17. The predicted molar refractivity (Wildman–Crippen MR) is 47.7 cm³/mol. The first-order chi connectivity index (χ1) is 5.69. The molecule has 1 rings (SSSR count). The van der Waals surface area contributed by atoms with E-state index >= 15 is 0 Å². The maximum absolute atomic E-state index is 11.2. The minimum Gasteiger partial charge on any atom is -0.462 e. The summed E-state index contributed by atoms with van der Waals surface area (Å²) in [5.74, 6) is 0.687. The van der Waals surface area contributed by atoms with Crippen LogP contribution in [0.5, 0.6) is 0 Å². The van der Waals surface area contributed by atoms with Crippen LogP contribution in [-0.4, -0.2) is 12.1 Å². The lowest BCUT2D eigenvalue weighted by molar-refractivity contribution is -0.165. The van der Waals surface area contributed by atoms with Crippen LogP contribution in [0.15, 0.2) is 0 Å². The highest BCUT2D eigenvalue weighted by atomic mass is 16.5. The molecule has 70 valence electrons. The van der Waals surface area contributed by atoms with Gasteiger partial charge < -0.3 is 4.74 Å². The Hall–Kier alpha value is -0.530. The van der Waals surface area contributed by atoms with Crippen molar-refractivity contribution in [2.75, 3.05) is 0 Å². The minimum atomic E-state index is -0.00782. The monoisotopic (exact) mass is 170 g/mol. The molecule has 3 atom stereocenters. The zero-order valence-electron chi connectivity index (χ0n) is 8.17. The second kappa shape index (κ2) is 3.92. The molecule has 1 saturated heterocycles. The minimum absolute atomic E-state index is 0.00782. The van der Waals surface area contributed by atoms with Gasteiger partial charge in [0.05, 0.1) is 5.92 Å².